The quantitative estimate of drug-likeness (QED) is 0.822. The minimum Gasteiger partial charge on any atom is -0.339 e. The van der Waals surface area contributed by atoms with Gasteiger partial charge in [-0.15, -0.1) is 0 Å². The molecule has 1 rings (SSSR count). The highest BCUT2D eigenvalue weighted by molar-refractivity contribution is 5.79. The van der Waals surface area contributed by atoms with Crippen LogP contribution in [0.1, 0.15) is 33.1 Å². The molecule has 1 heterocycles. The van der Waals surface area contributed by atoms with Crippen LogP contribution in [-0.2, 0) is 4.79 Å². The summed E-state index contributed by atoms with van der Waals surface area (Å²) in [5, 5.41) is 0. The highest BCUT2D eigenvalue weighted by atomic mass is 16.2. The molecule has 1 fully saturated rings. The SMILES string of the molecule is CC(N)CCCC(C)C(=O)N1CCN(C(=O)N(C)C)CC1. The number of carbonyl (C=O) groups excluding carboxylic acids is 2. The Hall–Kier alpha value is -1.30. The van der Waals surface area contributed by atoms with E-state index in [2.05, 4.69) is 0 Å². The van der Waals surface area contributed by atoms with E-state index in [4.69, 9.17) is 5.73 Å². The van der Waals surface area contributed by atoms with Crippen LogP contribution in [0, 0.1) is 5.92 Å². The molecule has 3 amide bonds. The number of nitrogens with two attached hydrogens (primary N) is 1. The molecule has 1 aliphatic heterocycles. The zero-order valence-electron chi connectivity index (χ0n) is 13.8. The van der Waals surface area contributed by atoms with E-state index in [0.29, 0.717) is 26.2 Å². The Labute approximate surface area is 128 Å². The monoisotopic (exact) mass is 298 g/mol. The summed E-state index contributed by atoms with van der Waals surface area (Å²) in [5.74, 6) is 0.247. The summed E-state index contributed by atoms with van der Waals surface area (Å²) in [7, 11) is 3.50. The second-order valence-electron chi connectivity index (χ2n) is 6.30. The fourth-order valence-corrected chi connectivity index (χ4v) is 2.58. The van der Waals surface area contributed by atoms with Crippen molar-refractivity contribution in [3.63, 3.8) is 0 Å². The first-order valence-corrected chi connectivity index (χ1v) is 7.83. The lowest BCUT2D eigenvalue weighted by atomic mass is 10.0. The first kappa shape index (κ1) is 17.8. The molecule has 0 aromatic heterocycles. The van der Waals surface area contributed by atoms with Crippen molar-refractivity contribution in [3.05, 3.63) is 0 Å². The van der Waals surface area contributed by atoms with E-state index in [-0.39, 0.29) is 23.9 Å². The fourth-order valence-electron chi connectivity index (χ4n) is 2.58. The summed E-state index contributed by atoms with van der Waals surface area (Å²) in [6, 6.07) is 0.222. The number of nitrogens with zero attached hydrogens (tertiary/aromatic N) is 3. The van der Waals surface area contributed by atoms with Gasteiger partial charge in [-0.3, -0.25) is 4.79 Å². The number of amides is 3. The van der Waals surface area contributed by atoms with E-state index in [1.54, 1.807) is 23.9 Å². The summed E-state index contributed by atoms with van der Waals surface area (Å²) in [6.07, 6.45) is 2.84. The van der Waals surface area contributed by atoms with Gasteiger partial charge in [0.1, 0.15) is 0 Å². The lowest BCUT2D eigenvalue weighted by molar-refractivity contribution is -0.136. The van der Waals surface area contributed by atoms with Crippen molar-refractivity contribution in [3.8, 4) is 0 Å². The molecule has 21 heavy (non-hydrogen) atoms. The maximum absolute atomic E-state index is 12.4. The van der Waals surface area contributed by atoms with E-state index in [9.17, 15) is 9.59 Å². The fraction of sp³-hybridized carbons (Fsp3) is 0.867. The van der Waals surface area contributed by atoms with Crippen molar-refractivity contribution in [1.82, 2.24) is 14.7 Å². The third-order valence-corrected chi connectivity index (χ3v) is 3.96. The minimum absolute atomic E-state index is 0.0204. The number of urea groups is 1. The zero-order valence-corrected chi connectivity index (χ0v) is 13.8. The third-order valence-electron chi connectivity index (χ3n) is 3.96. The van der Waals surface area contributed by atoms with Crippen LogP contribution in [0.5, 0.6) is 0 Å². The van der Waals surface area contributed by atoms with E-state index in [1.165, 1.54) is 0 Å². The van der Waals surface area contributed by atoms with E-state index < -0.39 is 0 Å². The molecule has 6 heteroatoms. The van der Waals surface area contributed by atoms with Crippen LogP contribution < -0.4 is 5.73 Å². The standard InChI is InChI=1S/C15H30N4O2/c1-12(6-5-7-13(2)16)14(20)18-8-10-19(11-9-18)15(21)17(3)4/h12-13H,5-11,16H2,1-4H3. The summed E-state index contributed by atoms with van der Waals surface area (Å²) in [4.78, 5) is 29.5. The zero-order chi connectivity index (χ0) is 16.0. The first-order chi connectivity index (χ1) is 9.82. The van der Waals surface area contributed by atoms with Gasteiger partial charge >= 0.3 is 6.03 Å². The predicted molar refractivity (Wildman–Crippen MR) is 83.9 cm³/mol. The maximum atomic E-state index is 12.4. The van der Waals surface area contributed by atoms with Gasteiger partial charge in [-0.05, 0) is 19.8 Å². The number of hydrogen-bond donors (Lipinski definition) is 1. The van der Waals surface area contributed by atoms with E-state index in [0.717, 1.165) is 19.3 Å². The van der Waals surface area contributed by atoms with Gasteiger partial charge in [0.15, 0.2) is 0 Å². The predicted octanol–water partition coefficient (Wildman–Crippen LogP) is 0.966. The van der Waals surface area contributed by atoms with Crippen LogP contribution in [0.3, 0.4) is 0 Å². The number of carbonyl (C=O) groups is 2. The molecule has 122 valence electrons. The molecule has 0 aliphatic carbocycles. The van der Waals surface area contributed by atoms with Gasteiger partial charge in [0.2, 0.25) is 5.91 Å². The Morgan fingerprint density at radius 2 is 1.57 bits per heavy atom. The van der Waals surface area contributed by atoms with Gasteiger partial charge < -0.3 is 20.4 Å². The van der Waals surface area contributed by atoms with Crippen LogP contribution in [0.4, 0.5) is 4.79 Å². The third kappa shape index (κ3) is 5.53. The summed E-state index contributed by atoms with van der Waals surface area (Å²) >= 11 is 0. The van der Waals surface area contributed by atoms with Crippen molar-refractivity contribution < 1.29 is 9.59 Å². The average molecular weight is 298 g/mol. The molecule has 0 bridgehead atoms. The van der Waals surface area contributed by atoms with Gasteiger partial charge in [0, 0.05) is 52.2 Å². The van der Waals surface area contributed by atoms with Crippen LogP contribution in [0.2, 0.25) is 0 Å². The second-order valence-corrected chi connectivity index (χ2v) is 6.30. The second kappa shape index (κ2) is 8.22. The number of piperazine rings is 1. The van der Waals surface area contributed by atoms with Crippen molar-refractivity contribution in [2.45, 2.75) is 39.2 Å². The Kier molecular flexibility index (Phi) is 6.95. The summed E-state index contributed by atoms with van der Waals surface area (Å²) in [5.41, 5.74) is 5.73. The molecule has 2 atom stereocenters. The normalized spacial score (nSPS) is 18.3. The molecule has 0 aromatic carbocycles. The average Bonchev–Trinajstić information content (AvgIpc) is 2.45. The smallest absolute Gasteiger partial charge is 0.319 e. The van der Waals surface area contributed by atoms with Crippen molar-refractivity contribution in [1.29, 1.82) is 0 Å². The lowest BCUT2D eigenvalue weighted by Crippen LogP contribution is -2.53. The summed E-state index contributed by atoms with van der Waals surface area (Å²) in [6.45, 7) is 6.49. The first-order valence-electron chi connectivity index (χ1n) is 7.83. The van der Waals surface area contributed by atoms with Crippen LogP contribution >= 0.6 is 0 Å². The number of hydrogen-bond acceptors (Lipinski definition) is 3. The van der Waals surface area contributed by atoms with Gasteiger partial charge in [-0.2, -0.15) is 0 Å². The van der Waals surface area contributed by atoms with E-state index in [1.807, 2.05) is 18.7 Å². The molecule has 0 spiro atoms. The van der Waals surface area contributed by atoms with Crippen LogP contribution in [-0.4, -0.2) is 73.0 Å². The van der Waals surface area contributed by atoms with Crippen molar-refractivity contribution in [2.24, 2.45) is 11.7 Å². The Balaban J connectivity index is 2.36. The Morgan fingerprint density at radius 3 is 2.05 bits per heavy atom. The molecule has 2 N–H and O–H groups in total. The minimum atomic E-state index is 0.0204. The molecule has 0 aromatic rings. The highest BCUT2D eigenvalue weighted by Gasteiger charge is 2.27. The van der Waals surface area contributed by atoms with Gasteiger partial charge in [-0.1, -0.05) is 13.3 Å². The molecule has 1 aliphatic rings. The topological polar surface area (TPSA) is 69.9 Å². The van der Waals surface area contributed by atoms with Crippen molar-refractivity contribution in [2.75, 3.05) is 40.3 Å². The number of rotatable bonds is 5. The van der Waals surface area contributed by atoms with Crippen LogP contribution in [0.15, 0.2) is 0 Å². The molecular formula is C15H30N4O2. The molecule has 6 nitrogen and oxygen atoms in total. The summed E-state index contributed by atoms with van der Waals surface area (Å²) < 4.78 is 0. The Bertz CT molecular complexity index is 350. The Morgan fingerprint density at radius 1 is 1.05 bits per heavy atom. The highest BCUT2D eigenvalue weighted by Crippen LogP contribution is 2.14. The van der Waals surface area contributed by atoms with Gasteiger partial charge in [-0.25, -0.2) is 4.79 Å². The lowest BCUT2D eigenvalue weighted by Gasteiger charge is -2.37. The molecular weight excluding hydrogens is 268 g/mol. The van der Waals surface area contributed by atoms with E-state index >= 15 is 0 Å². The molecule has 0 saturated carbocycles. The maximum Gasteiger partial charge on any atom is 0.319 e. The van der Waals surface area contributed by atoms with Crippen LogP contribution in [0.25, 0.3) is 0 Å². The van der Waals surface area contributed by atoms with Gasteiger partial charge in [0.05, 0.1) is 0 Å². The molecule has 0 radical (unpaired) electrons. The van der Waals surface area contributed by atoms with Gasteiger partial charge in [0.25, 0.3) is 0 Å². The molecule has 2 unspecified atom stereocenters. The molecule has 1 saturated heterocycles. The largest absolute Gasteiger partial charge is 0.339 e. The van der Waals surface area contributed by atoms with Crippen molar-refractivity contribution >= 4 is 11.9 Å².